The Kier molecular flexibility index (Phi) is 5.69. The molecule has 1 aromatic carbocycles. The second kappa shape index (κ2) is 8.61. The Labute approximate surface area is 187 Å². The van der Waals surface area contributed by atoms with E-state index >= 15 is 0 Å². The Hall–Kier alpha value is -4.41. The molecule has 0 saturated carbocycles. The molecule has 11 heteroatoms. The van der Waals surface area contributed by atoms with Gasteiger partial charge in [-0.1, -0.05) is 6.07 Å². The molecule has 0 bridgehead atoms. The molecule has 0 radical (unpaired) electrons. The van der Waals surface area contributed by atoms with Crippen LogP contribution in [0.2, 0.25) is 0 Å². The smallest absolute Gasteiger partial charge is 0.318 e. The molecule has 4 N–H and O–H groups in total. The summed E-state index contributed by atoms with van der Waals surface area (Å²) in [5.74, 6) is -1.68. The fourth-order valence-electron chi connectivity index (χ4n) is 3.72. The first kappa shape index (κ1) is 21.8. The van der Waals surface area contributed by atoms with Crippen molar-refractivity contribution in [1.29, 1.82) is 0 Å². The van der Waals surface area contributed by atoms with Gasteiger partial charge in [0, 0.05) is 38.0 Å². The largest absolute Gasteiger partial charge is 0.497 e. The lowest BCUT2D eigenvalue weighted by Gasteiger charge is -2.21. The number of carbonyl (C=O) groups excluding carboxylic acids is 4. The third kappa shape index (κ3) is 4.20. The number of hydrogen-bond donors (Lipinski definition) is 3. The van der Waals surface area contributed by atoms with E-state index < -0.39 is 17.9 Å². The third-order valence-corrected chi connectivity index (χ3v) is 5.38. The van der Waals surface area contributed by atoms with Gasteiger partial charge in [-0.2, -0.15) is 0 Å². The molecule has 0 fully saturated rings. The SMILES string of the molecule is CNC(=O)c1cnc2cc(C(CN3Cc4ccc(OC)cc4C3=O)C(=O)NC(N)=O)oc2c1. The lowest BCUT2D eigenvalue weighted by Crippen LogP contribution is -2.42. The molecule has 1 aliphatic heterocycles. The summed E-state index contributed by atoms with van der Waals surface area (Å²) >= 11 is 0. The number of carbonyl (C=O) groups is 4. The van der Waals surface area contributed by atoms with Crippen LogP contribution in [0.3, 0.4) is 0 Å². The number of hydrogen-bond acceptors (Lipinski definition) is 7. The third-order valence-electron chi connectivity index (χ3n) is 5.38. The van der Waals surface area contributed by atoms with Crippen LogP contribution in [0.1, 0.15) is 38.0 Å². The Morgan fingerprint density at radius 2 is 2.06 bits per heavy atom. The molecule has 0 aliphatic carbocycles. The van der Waals surface area contributed by atoms with Gasteiger partial charge in [-0.3, -0.25) is 24.7 Å². The predicted octanol–water partition coefficient (Wildman–Crippen LogP) is 1.13. The predicted molar refractivity (Wildman–Crippen MR) is 116 cm³/mol. The summed E-state index contributed by atoms with van der Waals surface area (Å²) in [5.41, 5.74) is 7.38. The summed E-state index contributed by atoms with van der Waals surface area (Å²) in [6.07, 6.45) is 1.38. The fourth-order valence-corrected chi connectivity index (χ4v) is 3.72. The van der Waals surface area contributed by atoms with Crippen molar-refractivity contribution in [2.45, 2.75) is 12.5 Å². The van der Waals surface area contributed by atoms with E-state index in [0.717, 1.165) is 5.56 Å². The number of imide groups is 1. The van der Waals surface area contributed by atoms with Gasteiger partial charge < -0.3 is 25.1 Å². The van der Waals surface area contributed by atoms with Gasteiger partial charge in [0.1, 0.15) is 22.9 Å². The van der Waals surface area contributed by atoms with Crippen LogP contribution in [-0.2, 0) is 11.3 Å². The maximum absolute atomic E-state index is 13.0. The Balaban J connectivity index is 1.66. The van der Waals surface area contributed by atoms with E-state index in [-0.39, 0.29) is 41.8 Å². The van der Waals surface area contributed by atoms with Gasteiger partial charge in [0.25, 0.3) is 11.8 Å². The van der Waals surface area contributed by atoms with E-state index in [1.54, 1.807) is 18.2 Å². The summed E-state index contributed by atoms with van der Waals surface area (Å²) in [4.78, 5) is 54.7. The topological polar surface area (TPSA) is 157 Å². The van der Waals surface area contributed by atoms with Crippen LogP contribution in [-0.4, -0.2) is 54.3 Å². The summed E-state index contributed by atoms with van der Waals surface area (Å²) in [5, 5.41) is 4.55. The van der Waals surface area contributed by atoms with Gasteiger partial charge in [0.05, 0.1) is 12.7 Å². The highest BCUT2D eigenvalue weighted by Crippen LogP contribution is 2.31. The molecule has 11 nitrogen and oxygen atoms in total. The Bertz CT molecular complexity index is 1280. The maximum atomic E-state index is 13.0. The number of ether oxygens (including phenoxy) is 1. The fraction of sp³-hybridized carbons (Fsp3) is 0.227. The van der Waals surface area contributed by atoms with Crippen LogP contribution in [0.15, 0.2) is 40.9 Å². The van der Waals surface area contributed by atoms with Gasteiger partial charge in [-0.05, 0) is 23.8 Å². The molecule has 170 valence electrons. The molecule has 0 spiro atoms. The standard InChI is InChI=1S/C22H21N5O6/c1-24-19(28)12-5-18-16(25-8-12)7-17(33-18)15(20(29)26-22(23)31)10-27-9-11-3-4-13(32-2)6-14(11)21(27)30/h3-8,15H,9-10H2,1-2H3,(H,24,28)(H3,23,26,29,31). The molecule has 1 unspecified atom stereocenters. The van der Waals surface area contributed by atoms with Gasteiger partial charge >= 0.3 is 6.03 Å². The highest BCUT2D eigenvalue weighted by molar-refractivity contribution is 6.01. The van der Waals surface area contributed by atoms with E-state index in [1.807, 2.05) is 0 Å². The van der Waals surface area contributed by atoms with Crippen molar-refractivity contribution >= 4 is 34.9 Å². The molecule has 4 rings (SSSR count). The monoisotopic (exact) mass is 451 g/mol. The second-order valence-corrected chi connectivity index (χ2v) is 7.45. The number of aromatic nitrogens is 1. The average molecular weight is 451 g/mol. The van der Waals surface area contributed by atoms with E-state index in [1.165, 1.54) is 37.4 Å². The van der Waals surface area contributed by atoms with Crippen molar-refractivity contribution in [2.75, 3.05) is 20.7 Å². The molecule has 3 aromatic rings. The van der Waals surface area contributed by atoms with Gasteiger partial charge in [0.15, 0.2) is 5.58 Å². The number of pyridine rings is 1. The van der Waals surface area contributed by atoms with Crippen LogP contribution < -0.4 is 21.1 Å². The minimum absolute atomic E-state index is 0.0724. The van der Waals surface area contributed by atoms with E-state index in [2.05, 4.69) is 15.6 Å². The van der Waals surface area contributed by atoms with Gasteiger partial charge in [0.2, 0.25) is 5.91 Å². The highest BCUT2D eigenvalue weighted by Gasteiger charge is 2.34. The van der Waals surface area contributed by atoms with Crippen LogP contribution in [0.4, 0.5) is 4.79 Å². The number of urea groups is 1. The molecule has 33 heavy (non-hydrogen) atoms. The van der Waals surface area contributed by atoms with Crippen molar-refractivity contribution in [3.05, 3.63) is 59.0 Å². The first-order valence-electron chi connectivity index (χ1n) is 9.98. The number of primary amides is 1. The van der Waals surface area contributed by atoms with Gasteiger partial charge in [-0.25, -0.2) is 4.79 Å². The molecule has 2 aromatic heterocycles. The van der Waals surface area contributed by atoms with Crippen LogP contribution >= 0.6 is 0 Å². The van der Waals surface area contributed by atoms with Crippen LogP contribution in [0, 0.1) is 0 Å². The molecule has 1 aliphatic rings. The van der Waals surface area contributed by atoms with Crippen LogP contribution in [0.25, 0.3) is 11.1 Å². The van der Waals surface area contributed by atoms with E-state index in [9.17, 15) is 19.2 Å². The zero-order chi connectivity index (χ0) is 23.7. The van der Waals surface area contributed by atoms with E-state index in [4.69, 9.17) is 14.9 Å². The number of methoxy groups -OCH3 is 1. The minimum atomic E-state index is -1.05. The van der Waals surface area contributed by atoms with Crippen molar-refractivity contribution < 1.29 is 28.3 Å². The number of nitrogens with one attached hydrogen (secondary N) is 2. The van der Waals surface area contributed by atoms with Crippen LogP contribution in [0.5, 0.6) is 5.75 Å². The molecule has 3 heterocycles. The molecule has 1 atom stereocenters. The van der Waals surface area contributed by atoms with Gasteiger partial charge in [-0.15, -0.1) is 0 Å². The summed E-state index contributed by atoms with van der Waals surface area (Å²) < 4.78 is 11.0. The normalized spacial score (nSPS) is 13.5. The number of fused-ring (bicyclic) bond motifs is 2. The highest BCUT2D eigenvalue weighted by atomic mass is 16.5. The molecular formula is C22H21N5O6. The molecule has 0 saturated heterocycles. The number of furan rings is 1. The van der Waals surface area contributed by atoms with Crippen molar-refractivity contribution in [3.8, 4) is 5.75 Å². The number of rotatable bonds is 6. The summed E-state index contributed by atoms with van der Waals surface area (Å²) in [6.45, 7) is 0.203. The minimum Gasteiger partial charge on any atom is -0.497 e. The lowest BCUT2D eigenvalue weighted by molar-refractivity contribution is -0.122. The summed E-state index contributed by atoms with van der Waals surface area (Å²) in [7, 11) is 3.00. The number of amides is 5. The lowest BCUT2D eigenvalue weighted by atomic mass is 10.0. The number of nitrogens with two attached hydrogens (primary N) is 1. The second-order valence-electron chi connectivity index (χ2n) is 7.45. The first-order chi connectivity index (χ1) is 15.8. The maximum Gasteiger partial charge on any atom is 0.318 e. The Morgan fingerprint density at radius 1 is 1.27 bits per heavy atom. The Morgan fingerprint density at radius 3 is 2.76 bits per heavy atom. The average Bonchev–Trinajstić information content (AvgIpc) is 3.36. The quantitative estimate of drug-likeness (QED) is 0.507. The zero-order valence-electron chi connectivity index (χ0n) is 17.9. The number of benzene rings is 1. The van der Waals surface area contributed by atoms with Crippen molar-refractivity contribution in [1.82, 2.24) is 20.5 Å². The first-order valence-corrected chi connectivity index (χ1v) is 9.98. The van der Waals surface area contributed by atoms with E-state index in [0.29, 0.717) is 16.8 Å². The molecular weight excluding hydrogens is 430 g/mol. The number of nitrogens with zero attached hydrogens (tertiary/aromatic N) is 2. The molecule has 5 amide bonds. The van der Waals surface area contributed by atoms with Crippen molar-refractivity contribution in [3.63, 3.8) is 0 Å². The summed E-state index contributed by atoms with van der Waals surface area (Å²) in [6, 6.07) is 7.18. The zero-order valence-corrected chi connectivity index (χ0v) is 17.9. The van der Waals surface area contributed by atoms with Crippen molar-refractivity contribution in [2.24, 2.45) is 5.73 Å².